The molecule has 1 heterocycles. The number of allylic oxidation sites excluding steroid dienone is 1. The van der Waals surface area contributed by atoms with E-state index in [2.05, 4.69) is 9.71 Å². The zero-order valence-corrected chi connectivity index (χ0v) is 12.2. The molecule has 20 heavy (non-hydrogen) atoms. The highest BCUT2D eigenvalue weighted by molar-refractivity contribution is 7.89. The van der Waals surface area contributed by atoms with Crippen molar-refractivity contribution in [2.45, 2.75) is 18.7 Å². The molecule has 0 atom stereocenters. The van der Waals surface area contributed by atoms with Crippen LogP contribution >= 0.6 is 0 Å². The van der Waals surface area contributed by atoms with Gasteiger partial charge in [-0.2, -0.15) is 0 Å². The van der Waals surface area contributed by atoms with Crippen LogP contribution < -0.4 is 10.5 Å². The zero-order chi connectivity index (χ0) is 14.8. The van der Waals surface area contributed by atoms with E-state index in [-0.39, 0.29) is 11.4 Å². The van der Waals surface area contributed by atoms with Gasteiger partial charge in [0.15, 0.2) is 0 Å². The number of hydrogen-bond acceptors (Lipinski definition) is 4. The number of anilines is 1. The Morgan fingerprint density at radius 3 is 2.80 bits per heavy atom. The van der Waals surface area contributed by atoms with Crippen LogP contribution in [0.15, 0.2) is 47.0 Å². The Kier molecular flexibility index (Phi) is 4.06. The number of sulfonamides is 1. The molecule has 106 valence electrons. The summed E-state index contributed by atoms with van der Waals surface area (Å²) in [5.41, 5.74) is 7.79. The summed E-state index contributed by atoms with van der Waals surface area (Å²) >= 11 is 0. The molecule has 0 fully saturated rings. The van der Waals surface area contributed by atoms with Crippen molar-refractivity contribution in [2.75, 3.05) is 12.3 Å². The molecule has 1 aromatic carbocycles. The molecule has 6 heteroatoms. The molecule has 2 rings (SSSR count). The Morgan fingerprint density at radius 2 is 2.10 bits per heavy atom. The fraction of sp³-hybridized carbons (Fsp3) is 0.214. The molecule has 5 nitrogen and oxygen atoms in total. The first kappa shape index (κ1) is 14.5. The summed E-state index contributed by atoms with van der Waals surface area (Å²) in [4.78, 5) is 4.28. The van der Waals surface area contributed by atoms with Gasteiger partial charge in [0.1, 0.15) is 4.90 Å². The second kappa shape index (κ2) is 5.60. The maximum Gasteiger partial charge on any atom is 0.243 e. The highest BCUT2D eigenvalue weighted by Crippen LogP contribution is 2.25. The summed E-state index contributed by atoms with van der Waals surface area (Å²) in [6.07, 6.45) is 3.36. The molecule has 0 aliphatic heterocycles. The van der Waals surface area contributed by atoms with E-state index in [0.29, 0.717) is 16.6 Å². The van der Waals surface area contributed by atoms with Crippen LogP contribution in [-0.4, -0.2) is 19.9 Å². The Morgan fingerprint density at radius 1 is 1.35 bits per heavy atom. The summed E-state index contributed by atoms with van der Waals surface area (Å²) in [7, 11) is -3.61. The number of aromatic nitrogens is 1. The van der Waals surface area contributed by atoms with Crippen LogP contribution in [0.5, 0.6) is 0 Å². The van der Waals surface area contributed by atoms with Crippen molar-refractivity contribution >= 4 is 26.6 Å². The van der Waals surface area contributed by atoms with Gasteiger partial charge in [0.2, 0.25) is 10.0 Å². The summed E-state index contributed by atoms with van der Waals surface area (Å²) in [6, 6.07) is 6.55. The average molecular weight is 291 g/mol. The summed E-state index contributed by atoms with van der Waals surface area (Å²) in [5.74, 6) is 0. The number of rotatable bonds is 4. The molecule has 0 amide bonds. The van der Waals surface area contributed by atoms with Gasteiger partial charge >= 0.3 is 0 Å². The Labute approximate surface area is 118 Å². The lowest BCUT2D eigenvalue weighted by Gasteiger charge is -2.09. The minimum absolute atomic E-state index is 0.143. The van der Waals surface area contributed by atoms with Gasteiger partial charge in [0.25, 0.3) is 0 Å². The lowest BCUT2D eigenvalue weighted by molar-refractivity contribution is 0.586. The highest BCUT2D eigenvalue weighted by atomic mass is 32.2. The average Bonchev–Trinajstić information content (AvgIpc) is 2.38. The van der Waals surface area contributed by atoms with E-state index in [1.807, 2.05) is 19.9 Å². The Balaban J connectivity index is 2.47. The third kappa shape index (κ3) is 2.97. The van der Waals surface area contributed by atoms with E-state index in [1.165, 1.54) is 6.07 Å². The van der Waals surface area contributed by atoms with Crippen molar-refractivity contribution in [1.82, 2.24) is 9.71 Å². The van der Waals surface area contributed by atoms with Crippen molar-refractivity contribution < 1.29 is 8.42 Å². The number of pyridine rings is 1. The second-order valence-corrected chi connectivity index (χ2v) is 6.42. The molecule has 0 radical (unpaired) electrons. The second-order valence-electron chi connectivity index (χ2n) is 4.69. The maximum atomic E-state index is 12.3. The van der Waals surface area contributed by atoms with E-state index < -0.39 is 10.0 Å². The van der Waals surface area contributed by atoms with E-state index in [9.17, 15) is 8.42 Å². The lowest BCUT2D eigenvalue weighted by Crippen LogP contribution is -2.24. The molecular weight excluding hydrogens is 274 g/mol. The molecule has 2 aromatic rings. The number of nitrogen functional groups attached to an aromatic ring is 1. The molecular formula is C14H17N3O2S. The van der Waals surface area contributed by atoms with E-state index in [1.54, 1.807) is 24.4 Å². The number of fused-ring (bicyclic) bond motifs is 1. The number of benzene rings is 1. The number of nitrogens with one attached hydrogen (secondary N) is 1. The number of nitrogens with two attached hydrogens (primary N) is 1. The van der Waals surface area contributed by atoms with Gasteiger partial charge < -0.3 is 5.73 Å². The predicted octanol–water partition coefficient (Wildman–Crippen LogP) is 2.06. The van der Waals surface area contributed by atoms with Crippen LogP contribution in [-0.2, 0) is 10.0 Å². The highest BCUT2D eigenvalue weighted by Gasteiger charge is 2.18. The summed E-state index contributed by atoms with van der Waals surface area (Å²) in [6.45, 7) is 4.08. The van der Waals surface area contributed by atoms with Crippen molar-refractivity contribution in [1.29, 1.82) is 0 Å². The predicted molar refractivity (Wildman–Crippen MR) is 80.8 cm³/mol. The van der Waals surface area contributed by atoms with Crippen LogP contribution in [0, 0.1) is 0 Å². The first-order valence-electron chi connectivity index (χ1n) is 6.18. The monoisotopic (exact) mass is 291 g/mol. The minimum Gasteiger partial charge on any atom is -0.398 e. The van der Waals surface area contributed by atoms with Crippen LogP contribution in [0.3, 0.4) is 0 Å². The first-order chi connectivity index (χ1) is 9.42. The fourth-order valence-corrected chi connectivity index (χ4v) is 2.94. The van der Waals surface area contributed by atoms with Gasteiger partial charge in [-0.1, -0.05) is 11.6 Å². The third-order valence-corrected chi connectivity index (χ3v) is 4.29. The SMILES string of the molecule is CC(C)=CCNS(=O)(=O)c1ccc(N)c2cccnc12. The van der Waals surface area contributed by atoms with Gasteiger partial charge in [-0.05, 0) is 38.1 Å². The number of nitrogens with zero attached hydrogens (tertiary/aromatic N) is 1. The van der Waals surface area contributed by atoms with Crippen molar-refractivity contribution in [2.24, 2.45) is 0 Å². The minimum atomic E-state index is -3.61. The van der Waals surface area contributed by atoms with Gasteiger partial charge in [-0.15, -0.1) is 0 Å². The largest absolute Gasteiger partial charge is 0.398 e. The molecule has 0 aliphatic carbocycles. The molecule has 1 aromatic heterocycles. The van der Waals surface area contributed by atoms with Gasteiger partial charge in [-0.3, -0.25) is 4.98 Å². The standard InChI is InChI=1S/C14H17N3O2S/c1-10(2)7-9-17-20(18,19)13-6-5-12(15)11-4-3-8-16-14(11)13/h3-8,17H,9,15H2,1-2H3. The van der Waals surface area contributed by atoms with Gasteiger partial charge in [0, 0.05) is 23.8 Å². The molecule has 0 bridgehead atoms. The van der Waals surface area contributed by atoms with E-state index in [0.717, 1.165) is 5.57 Å². The zero-order valence-electron chi connectivity index (χ0n) is 11.4. The van der Waals surface area contributed by atoms with Gasteiger partial charge in [-0.25, -0.2) is 13.1 Å². The van der Waals surface area contributed by atoms with Gasteiger partial charge in [0.05, 0.1) is 5.52 Å². The van der Waals surface area contributed by atoms with E-state index in [4.69, 9.17) is 5.73 Å². The fourth-order valence-electron chi connectivity index (χ4n) is 1.82. The molecule has 3 N–H and O–H groups in total. The molecule has 0 spiro atoms. The van der Waals surface area contributed by atoms with Crippen LogP contribution in [0.1, 0.15) is 13.8 Å². The van der Waals surface area contributed by atoms with Crippen molar-refractivity contribution in [3.8, 4) is 0 Å². The topological polar surface area (TPSA) is 85.1 Å². The van der Waals surface area contributed by atoms with E-state index >= 15 is 0 Å². The normalized spacial score (nSPS) is 11.5. The Bertz CT molecular complexity index is 763. The van der Waals surface area contributed by atoms with Crippen molar-refractivity contribution in [3.63, 3.8) is 0 Å². The molecule has 0 saturated heterocycles. The molecule has 0 saturated carbocycles. The summed E-state index contributed by atoms with van der Waals surface area (Å²) in [5, 5.41) is 0.637. The Hall–Kier alpha value is -1.92. The lowest BCUT2D eigenvalue weighted by atomic mass is 10.2. The van der Waals surface area contributed by atoms with Crippen LogP contribution in [0.2, 0.25) is 0 Å². The smallest absolute Gasteiger partial charge is 0.243 e. The molecule has 0 unspecified atom stereocenters. The molecule has 0 aliphatic rings. The van der Waals surface area contributed by atoms with Crippen LogP contribution in [0.4, 0.5) is 5.69 Å². The summed E-state index contributed by atoms with van der Waals surface area (Å²) < 4.78 is 27.2. The third-order valence-electron chi connectivity index (χ3n) is 2.84. The number of hydrogen-bond donors (Lipinski definition) is 2. The first-order valence-corrected chi connectivity index (χ1v) is 7.66. The maximum absolute atomic E-state index is 12.3. The van der Waals surface area contributed by atoms with Crippen LogP contribution in [0.25, 0.3) is 10.9 Å². The van der Waals surface area contributed by atoms with Crippen molar-refractivity contribution in [3.05, 3.63) is 42.1 Å². The quantitative estimate of drug-likeness (QED) is 0.667.